The second kappa shape index (κ2) is 8.38. The molecule has 0 spiro atoms. The Hall–Kier alpha value is -3.02. The molecule has 1 amide bonds. The van der Waals surface area contributed by atoms with Crippen LogP contribution in [0.3, 0.4) is 0 Å². The Labute approximate surface area is 152 Å². The fourth-order valence-electron chi connectivity index (χ4n) is 2.85. The molecule has 6 heteroatoms. The topological polar surface area (TPSA) is 84.9 Å². The lowest BCUT2D eigenvalue weighted by atomic mass is 9.78. The van der Waals surface area contributed by atoms with Gasteiger partial charge in [-0.3, -0.25) is 9.59 Å². The fourth-order valence-corrected chi connectivity index (χ4v) is 2.85. The van der Waals surface area contributed by atoms with Gasteiger partial charge in [-0.15, -0.1) is 0 Å². The monoisotopic (exact) mass is 357 g/mol. The second-order valence-electron chi connectivity index (χ2n) is 5.86. The summed E-state index contributed by atoms with van der Waals surface area (Å²) in [5.74, 6) is -0.456. The molecular formula is C20H23NO5. The second-order valence-corrected chi connectivity index (χ2v) is 5.86. The number of rotatable bonds is 8. The molecule has 0 aromatic heterocycles. The molecule has 2 aromatic carbocycles. The van der Waals surface area contributed by atoms with Gasteiger partial charge < -0.3 is 19.9 Å². The molecule has 2 rings (SSSR count). The summed E-state index contributed by atoms with van der Waals surface area (Å²) in [5, 5.41) is 12.6. The number of hydrogen-bond donors (Lipinski definition) is 2. The van der Waals surface area contributed by atoms with Gasteiger partial charge in [-0.05, 0) is 24.1 Å². The van der Waals surface area contributed by atoms with Crippen molar-refractivity contribution < 1.29 is 24.2 Å². The van der Waals surface area contributed by atoms with Crippen LogP contribution in [0, 0.1) is 0 Å². The molecule has 6 nitrogen and oxygen atoms in total. The van der Waals surface area contributed by atoms with E-state index in [-0.39, 0.29) is 6.54 Å². The first kappa shape index (κ1) is 19.3. The smallest absolute Gasteiger partial charge is 0.315 e. The molecule has 0 heterocycles. The minimum atomic E-state index is -1.20. The summed E-state index contributed by atoms with van der Waals surface area (Å²) in [6, 6.07) is 13.8. The highest BCUT2D eigenvalue weighted by Gasteiger charge is 2.39. The quantitative estimate of drug-likeness (QED) is 0.759. The van der Waals surface area contributed by atoms with E-state index in [1.165, 1.54) is 14.2 Å². The van der Waals surface area contributed by atoms with Crippen molar-refractivity contribution in [2.45, 2.75) is 18.8 Å². The third kappa shape index (κ3) is 3.79. The number of carbonyl (C=O) groups excluding carboxylic acids is 1. The molecule has 0 saturated heterocycles. The normalized spacial score (nSPS) is 12.7. The van der Waals surface area contributed by atoms with Crippen LogP contribution in [-0.2, 0) is 10.2 Å². The Balaban J connectivity index is 2.27. The fraction of sp³-hybridized carbons (Fsp3) is 0.300. The number of ether oxygens (including phenoxy) is 2. The maximum absolute atomic E-state index is 12.6. The van der Waals surface area contributed by atoms with Crippen LogP contribution in [0.25, 0.3) is 0 Å². The van der Waals surface area contributed by atoms with Crippen molar-refractivity contribution >= 4 is 11.9 Å². The molecule has 0 aliphatic heterocycles. The van der Waals surface area contributed by atoms with Crippen molar-refractivity contribution in [3.05, 3.63) is 59.7 Å². The van der Waals surface area contributed by atoms with Gasteiger partial charge in [-0.1, -0.05) is 37.3 Å². The van der Waals surface area contributed by atoms with Crippen LogP contribution in [0.15, 0.2) is 48.5 Å². The summed E-state index contributed by atoms with van der Waals surface area (Å²) in [6.45, 7) is 1.76. The number of aliphatic carboxylic acids is 1. The van der Waals surface area contributed by atoms with Gasteiger partial charge in [0.25, 0.3) is 5.91 Å². The Bertz CT molecular complexity index is 775. The number of carboxylic acids is 1. The van der Waals surface area contributed by atoms with Crippen LogP contribution >= 0.6 is 0 Å². The predicted octanol–water partition coefficient (Wildman–Crippen LogP) is 2.87. The van der Waals surface area contributed by atoms with Gasteiger partial charge in [0, 0.05) is 12.6 Å². The van der Waals surface area contributed by atoms with E-state index in [4.69, 9.17) is 9.47 Å². The number of carboxylic acid groups (broad SMARTS) is 1. The first-order valence-electron chi connectivity index (χ1n) is 8.27. The molecule has 0 aliphatic rings. The van der Waals surface area contributed by atoms with E-state index in [1.54, 1.807) is 49.4 Å². The third-order valence-corrected chi connectivity index (χ3v) is 4.54. The Morgan fingerprint density at radius 3 is 2.31 bits per heavy atom. The highest BCUT2D eigenvalue weighted by atomic mass is 16.5. The van der Waals surface area contributed by atoms with Gasteiger partial charge in [0.2, 0.25) is 0 Å². The number of carbonyl (C=O) groups is 2. The highest BCUT2D eigenvalue weighted by molar-refractivity contribution is 5.97. The maximum atomic E-state index is 12.6. The molecule has 0 radical (unpaired) electrons. The Kier molecular flexibility index (Phi) is 6.22. The lowest BCUT2D eigenvalue weighted by molar-refractivity contribution is -0.143. The molecule has 0 bridgehead atoms. The van der Waals surface area contributed by atoms with E-state index in [0.717, 1.165) is 0 Å². The van der Waals surface area contributed by atoms with E-state index in [2.05, 4.69) is 5.32 Å². The lowest BCUT2D eigenvalue weighted by Crippen LogP contribution is -2.46. The van der Waals surface area contributed by atoms with Gasteiger partial charge in [0.15, 0.2) is 0 Å². The van der Waals surface area contributed by atoms with Crippen molar-refractivity contribution in [1.29, 1.82) is 0 Å². The zero-order valence-electron chi connectivity index (χ0n) is 15.1. The first-order valence-corrected chi connectivity index (χ1v) is 8.27. The highest BCUT2D eigenvalue weighted by Crippen LogP contribution is 2.29. The van der Waals surface area contributed by atoms with Crippen molar-refractivity contribution in [3.63, 3.8) is 0 Å². The average Bonchev–Trinajstić information content (AvgIpc) is 2.68. The lowest BCUT2D eigenvalue weighted by Gasteiger charge is -2.29. The van der Waals surface area contributed by atoms with Crippen LogP contribution in [0.4, 0.5) is 0 Å². The van der Waals surface area contributed by atoms with Gasteiger partial charge in [0.1, 0.15) is 16.9 Å². The van der Waals surface area contributed by atoms with Gasteiger partial charge in [-0.25, -0.2) is 0 Å². The predicted molar refractivity (Wildman–Crippen MR) is 97.9 cm³/mol. The SMILES string of the molecule is CCC(CNC(=O)c1ccc(OC)cc1OC)(C(=O)O)c1ccccc1. The van der Waals surface area contributed by atoms with Gasteiger partial charge in [0.05, 0.1) is 19.8 Å². The van der Waals surface area contributed by atoms with Crippen LogP contribution < -0.4 is 14.8 Å². The number of benzene rings is 2. The van der Waals surface area contributed by atoms with E-state index < -0.39 is 17.3 Å². The summed E-state index contributed by atoms with van der Waals surface area (Å²) < 4.78 is 10.4. The van der Waals surface area contributed by atoms with Crippen molar-refractivity contribution in [2.75, 3.05) is 20.8 Å². The maximum Gasteiger partial charge on any atom is 0.315 e. The van der Waals surface area contributed by atoms with Crippen LogP contribution in [0.1, 0.15) is 29.3 Å². The van der Waals surface area contributed by atoms with Crippen molar-refractivity contribution in [3.8, 4) is 11.5 Å². The van der Waals surface area contributed by atoms with Crippen molar-refractivity contribution in [1.82, 2.24) is 5.32 Å². The van der Waals surface area contributed by atoms with Crippen LogP contribution in [0.2, 0.25) is 0 Å². The molecular weight excluding hydrogens is 334 g/mol. The standard InChI is InChI=1S/C20H23NO5/c1-4-20(19(23)24,14-8-6-5-7-9-14)13-21-18(22)16-11-10-15(25-2)12-17(16)26-3/h5-12H,4,13H2,1-3H3,(H,21,22)(H,23,24). The molecule has 0 saturated carbocycles. The van der Waals surface area contributed by atoms with Crippen molar-refractivity contribution in [2.24, 2.45) is 0 Å². The molecule has 26 heavy (non-hydrogen) atoms. The minimum Gasteiger partial charge on any atom is -0.497 e. The van der Waals surface area contributed by atoms with E-state index in [1.807, 2.05) is 6.07 Å². The first-order chi connectivity index (χ1) is 12.5. The summed E-state index contributed by atoms with van der Waals surface area (Å²) in [6.07, 6.45) is 0.340. The number of nitrogens with one attached hydrogen (secondary N) is 1. The largest absolute Gasteiger partial charge is 0.497 e. The van der Waals surface area contributed by atoms with Crippen LogP contribution in [-0.4, -0.2) is 37.7 Å². The summed E-state index contributed by atoms with van der Waals surface area (Å²) >= 11 is 0. The van der Waals surface area contributed by atoms with Crippen LogP contribution in [0.5, 0.6) is 11.5 Å². The zero-order valence-corrected chi connectivity index (χ0v) is 15.1. The van der Waals surface area contributed by atoms with Gasteiger partial charge in [-0.2, -0.15) is 0 Å². The number of hydrogen-bond acceptors (Lipinski definition) is 4. The van der Waals surface area contributed by atoms with E-state index >= 15 is 0 Å². The third-order valence-electron chi connectivity index (χ3n) is 4.54. The summed E-state index contributed by atoms with van der Waals surface area (Å²) in [7, 11) is 2.99. The molecule has 2 aromatic rings. The minimum absolute atomic E-state index is 0.0309. The Morgan fingerprint density at radius 2 is 1.77 bits per heavy atom. The van der Waals surface area contributed by atoms with E-state index in [0.29, 0.717) is 29.0 Å². The summed E-state index contributed by atoms with van der Waals surface area (Å²) in [4.78, 5) is 24.6. The number of methoxy groups -OCH3 is 2. The Morgan fingerprint density at radius 1 is 1.08 bits per heavy atom. The molecule has 1 atom stereocenters. The molecule has 0 fully saturated rings. The number of amides is 1. The molecule has 2 N–H and O–H groups in total. The molecule has 1 unspecified atom stereocenters. The van der Waals surface area contributed by atoms with E-state index in [9.17, 15) is 14.7 Å². The molecule has 0 aliphatic carbocycles. The molecule has 138 valence electrons. The van der Waals surface area contributed by atoms with Gasteiger partial charge >= 0.3 is 5.97 Å². The zero-order chi connectivity index (χ0) is 19.2. The summed E-state index contributed by atoms with van der Waals surface area (Å²) in [5.41, 5.74) is -0.231. The average molecular weight is 357 g/mol.